The predicted octanol–water partition coefficient (Wildman–Crippen LogP) is 3.62. The molecule has 0 atom stereocenters. The molecular weight excluding hydrogens is 390 g/mol. The normalized spacial score (nSPS) is 12.0. The maximum atomic E-state index is 12.7. The summed E-state index contributed by atoms with van der Waals surface area (Å²) in [5, 5.41) is 9.41. The van der Waals surface area contributed by atoms with Crippen molar-refractivity contribution in [1.29, 1.82) is 0 Å². The lowest BCUT2D eigenvalue weighted by atomic mass is 9.97. The number of rotatable bonds is 4. The molecule has 0 fully saturated rings. The van der Waals surface area contributed by atoms with Crippen LogP contribution in [-0.4, -0.2) is 27.6 Å². The molecule has 0 bridgehead atoms. The summed E-state index contributed by atoms with van der Waals surface area (Å²) in [6.07, 6.45) is 1.24. The van der Waals surface area contributed by atoms with E-state index in [2.05, 4.69) is 0 Å². The van der Waals surface area contributed by atoms with Crippen molar-refractivity contribution in [3.05, 3.63) is 34.1 Å². The fourth-order valence-electron chi connectivity index (χ4n) is 2.48. The van der Waals surface area contributed by atoms with Crippen molar-refractivity contribution in [2.45, 2.75) is 55.0 Å². The van der Waals surface area contributed by atoms with Gasteiger partial charge in [0.15, 0.2) is 11.5 Å². The molecule has 30 heavy (non-hydrogen) atoms. The summed E-state index contributed by atoms with van der Waals surface area (Å²) >= 11 is 0. The van der Waals surface area contributed by atoms with E-state index in [1.165, 1.54) is 18.3 Å². The first-order valence-corrected chi connectivity index (χ1v) is 9.56. The first-order valence-electron chi connectivity index (χ1n) is 9.56. The van der Waals surface area contributed by atoms with Gasteiger partial charge in [-0.1, -0.05) is 0 Å². The fraction of sp³-hybridized carbons (Fsp3) is 0.455. The van der Waals surface area contributed by atoms with E-state index < -0.39 is 39.7 Å². The van der Waals surface area contributed by atoms with Crippen molar-refractivity contribution >= 4 is 28.8 Å². The molecule has 0 aliphatic carbocycles. The predicted molar refractivity (Wildman–Crippen MR) is 111 cm³/mol. The Morgan fingerprint density at radius 2 is 1.40 bits per heavy atom. The monoisotopic (exact) mass is 417 g/mol. The smallest absolute Gasteiger partial charge is 0.341 e. The van der Waals surface area contributed by atoms with Gasteiger partial charge in [0.1, 0.15) is 5.56 Å². The van der Waals surface area contributed by atoms with Crippen LogP contribution in [0.25, 0.3) is 10.9 Å². The van der Waals surface area contributed by atoms with Gasteiger partial charge in [-0.25, -0.2) is 4.79 Å². The number of carbonyl (C=O) groups is 3. The Balaban J connectivity index is 2.81. The largest absolute Gasteiger partial charge is 0.477 e. The minimum Gasteiger partial charge on any atom is -0.477 e. The molecule has 0 radical (unpaired) electrons. The Morgan fingerprint density at radius 3 is 1.80 bits per heavy atom. The van der Waals surface area contributed by atoms with Gasteiger partial charge < -0.3 is 19.1 Å². The highest BCUT2D eigenvalue weighted by Gasteiger charge is 2.29. The summed E-state index contributed by atoms with van der Waals surface area (Å²) < 4.78 is 12.5. The number of aromatic carboxylic acids is 1. The first kappa shape index (κ1) is 23.1. The number of aryl methyl sites for hydroxylation is 1. The van der Waals surface area contributed by atoms with Gasteiger partial charge in [-0.15, -0.1) is 0 Å². The number of benzene rings is 1. The summed E-state index contributed by atoms with van der Waals surface area (Å²) in [5.74, 6) is -2.66. The van der Waals surface area contributed by atoms with Crippen molar-refractivity contribution in [1.82, 2.24) is 4.57 Å². The topological polar surface area (TPSA) is 112 Å². The van der Waals surface area contributed by atoms with E-state index in [1.54, 1.807) is 53.0 Å². The number of carboxylic acids is 1. The molecule has 0 aliphatic heterocycles. The molecule has 0 saturated carbocycles. The van der Waals surface area contributed by atoms with Crippen LogP contribution < -0.4 is 14.9 Å². The Kier molecular flexibility index (Phi) is 6.11. The fourth-order valence-corrected chi connectivity index (χ4v) is 2.48. The van der Waals surface area contributed by atoms with Gasteiger partial charge in [0.05, 0.1) is 21.7 Å². The Morgan fingerprint density at radius 1 is 0.933 bits per heavy atom. The minimum atomic E-state index is -1.36. The number of hydrogen-bond acceptors (Lipinski definition) is 6. The highest BCUT2D eigenvalue weighted by atomic mass is 16.6. The van der Waals surface area contributed by atoms with Crippen molar-refractivity contribution < 1.29 is 29.0 Å². The number of aromatic nitrogens is 1. The number of carbonyl (C=O) groups excluding carboxylic acids is 2. The molecule has 162 valence electrons. The van der Waals surface area contributed by atoms with Gasteiger partial charge in [-0.05, 0) is 54.5 Å². The molecule has 0 spiro atoms. The minimum absolute atomic E-state index is 0.0234. The molecule has 2 rings (SSSR count). The van der Waals surface area contributed by atoms with Crippen LogP contribution >= 0.6 is 0 Å². The second kappa shape index (κ2) is 7.93. The summed E-state index contributed by atoms with van der Waals surface area (Å²) in [6.45, 7) is 12.2. The van der Waals surface area contributed by atoms with Gasteiger partial charge in [0.25, 0.3) is 0 Å². The van der Waals surface area contributed by atoms with Crippen LogP contribution in [-0.2, 0) is 16.1 Å². The molecule has 0 aliphatic rings. The number of hydrogen-bond donors (Lipinski definition) is 1. The Hall–Kier alpha value is -3.16. The lowest BCUT2D eigenvalue weighted by molar-refractivity contribution is -0.145. The number of carboxylic acid groups (broad SMARTS) is 1. The second-order valence-corrected chi connectivity index (χ2v) is 9.06. The van der Waals surface area contributed by atoms with Crippen molar-refractivity contribution in [2.24, 2.45) is 10.8 Å². The average molecular weight is 417 g/mol. The molecule has 1 N–H and O–H groups in total. The lowest BCUT2D eigenvalue weighted by Crippen LogP contribution is -2.28. The number of nitrogens with zero attached hydrogens (tertiary/aromatic N) is 1. The molecule has 8 heteroatoms. The Labute approximate surface area is 174 Å². The summed E-state index contributed by atoms with van der Waals surface area (Å²) in [7, 11) is 0. The third-order valence-electron chi connectivity index (χ3n) is 4.35. The van der Waals surface area contributed by atoms with Gasteiger partial charge in [-0.2, -0.15) is 0 Å². The Bertz CT molecular complexity index is 1080. The number of pyridine rings is 1. The molecule has 1 heterocycles. The van der Waals surface area contributed by atoms with E-state index in [1.807, 2.05) is 0 Å². The zero-order valence-corrected chi connectivity index (χ0v) is 18.3. The number of fused-ring (bicyclic) bond motifs is 1. The second-order valence-electron chi connectivity index (χ2n) is 9.06. The molecule has 0 saturated heterocycles. The molecule has 0 unspecified atom stereocenters. The van der Waals surface area contributed by atoms with Gasteiger partial charge in [-0.3, -0.25) is 14.4 Å². The van der Waals surface area contributed by atoms with E-state index in [0.29, 0.717) is 12.1 Å². The summed E-state index contributed by atoms with van der Waals surface area (Å²) in [6, 6.07) is 2.67. The first-order chi connectivity index (χ1) is 13.7. The van der Waals surface area contributed by atoms with E-state index >= 15 is 0 Å². The average Bonchev–Trinajstić information content (AvgIpc) is 2.61. The van der Waals surface area contributed by atoms with Crippen molar-refractivity contribution in [2.75, 3.05) is 0 Å². The van der Waals surface area contributed by atoms with Crippen LogP contribution in [0.2, 0.25) is 0 Å². The maximum absolute atomic E-state index is 12.7. The maximum Gasteiger partial charge on any atom is 0.341 e. The molecule has 0 amide bonds. The molecule has 1 aromatic carbocycles. The highest BCUT2D eigenvalue weighted by Crippen LogP contribution is 2.35. The quantitative estimate of drug-likeness (QED) is 0.597. The molecule has 2 aromatic rings. The zero-order chi connectivity index (χ0) is 23.0. The molecular formula is C22H27NO7. The number of esters is 2. The standard InChI is InChI=1S/C22H27NO7/c1-8-23-11-13(18(25)26)17(24)12-9-15(29-19(27)21(2,3)4)16(10-14(12)23)30-20(28)22(5,6)7/h9-11H,8H2,1-7H3,(H,25,26). The van der Waals surface area contributed by atoms with Crippen molar-refractivity contribution in [3.8, 4) is 11.5 Å². The van der Waals surface area contributed by atoms with Crippen molar-refractivity contribution in [3.63, 3.8) is 0 Å². The van der Waals surface area contributed by atoms with Crippen LogP contribution in [0.5, 0.6) is 11.5 Å². The summed E-state index contributed by atoms with van der Waals surface area (Å²) in [4.78, 5) is 49.1. The zero-order valence-electron chi connectivity index (χ0n) is 18.3. The SMILES string of the molecule is CCn1cc(C(=O)O)c(=O)c2cc(OC(=O)C(C)(C)C)c(OC(=O)C(C)(C)C)cc21. The van der Waals surface area contributed by atoms with E-state index in [4.69, 9.17) is 9.47 Å². The van der Waals surface area contributed by atoms with Gasteiger partial charge in [0.2, 0.25) is 5.43 Å². The van der Waals surface area contributed by atoms with Crippen LogP contribution in [0.3, 0.4) is 0 Å². The van der Waals surface area contributed by atoms with Gasteiger partial charge >= 0.3 is 17.9 Å². The third-order valence-corrected chi connectivity index (χ3v) is 4.35. The van der Waals surface area contributed by atoms with Gasteiger partial charge in [0, 0.05) is 18.8 Å². The van der Waals surface area contributed by atoms with E-state index in [9.17, 15) is 24.3 Å². The third kappa shape index (κ3) is 4.69. The van der Waals surface area contributed by atoms with E-state index in [0.717, 1.165) is 0 Å². The van der Waals surface area contributed by atoms with E-state index in [-0.39, 0.29) is 16.9 Å². The number of ether oxygens (including phenoxy) is 2. The van der Waals surface area contributed by atoms with Crippen LogP contribution in [0, 0.1) is 10.8 Å². The summed E-state index contributed by atoms with van der Waals surface area (Å²) in [5.41, 5.74) is -2.44. The van der Waals surface area contributed by atoms with Crippen LogP contribution in [0.1, 0.15) is 58.8 Å². The lowest BCUT2D eigenvalue weighted by Gasteiger charge is -2.21. The highest BCUT2D eigenvalue weighted by molar-refractivity contribution is 5.94. The van der Waals surface area contributed by atoms with Crippen LogP contribution in [0.4, 0.5) is 0 Å². The molecule has 8 nitrogen and oxygen atoms in total. The van der Waals surface area contributed by atoms with Crippen LogP contribution in [0.15, 0.2) is 23.1 Å². The molecule has 1 aromatic heterocycles.